The van der Waals surface area contributed by atoms with Crippen molar-refractivity contribution in [3.05, 3.63) is 5.20 Å². The van der Waals surface area contributed by atoms with E-state index in [1.807, 2.05) is 0 Å². The van der Waals surface area contributed by atoms with Gasteiger partial charge in [-0.05, 0) is 5.22 Å². The van der Waals surface area contributed by atoms with Crippen molar-refractivity contribution in [2.75, 3.05) is 0 Å². The van der Waals surface area contributed by atoms with Gasteiger partial charge in [-0.2, -0.15) is 11.1 Å². The Labute approximate surface area is 51.1 Å². The van der Waals surface area contributed by atoms with E-state index in [1.54, 1.807) is 0 Å². The van der Waals surface area contributed by atoms with Crippen LogP contribution in [-0.2, 0) is 0 Å². The van der Waals surface area contributed by atoms with Crippen molar-refractivity contribution in [2.45, 2.75) is 0 Å². The molecule has 0 amide bonds. The molecule has 0 radical (unpaired) electrons. The van der Waals surface area contributed by atoms with Crippen LogP contribution in [-0.4, -0.2) is 0 Å². The van der Waals surface area contributed by atoms with Gasteiger partial charge in [-0.15, -0.1) is 5.20 Å². The van der Waals surface area contributed by atoms with Crippen molar-refractivity contribution in [3.63, 3.8) is 0 Å². The predicted molar refractivity (Wildman–Crippen MR) is 28.2 cm³/mol. The highest BCUT2D eigenvalue weighted by Crippen LogP contribution is 2.34. The molecule has 0 rings (SSSR count). The molecule has 0 aliphatic rings. The Morgan fingerprint density at radius 3 is 2.22 bits per heavy atom. The van der Waals surface area contributed by atoms with Gasteiger partial charge in [0.05, 0.1) is 9.74 Å². The Hall–Kier alpha value is -1.30. The van der Waals surface area contributed by atoms with E-state index in [1.165, 1.54) is 0 Å². The smallest absolute Gasteiger partial charge is 0.395 e. The van der Waals surface area contributed by atoms with E-state index in [9.17, 15) is 0 Å². The van der Waals surface area contributed by atoms with Crippen molar-refractivity contribution >= 4 is 8.01 Å². The lowest BCUT2D eigenvalue weighted by molar-refractivity contribution is 0.998. The molecular formula is H3N8P. The molecule has 9 heavy (non-hydrogen) atoms. The van der Waals surface area contributed by atoms with Crippen LogP contribution in [0.1, 0.15) is 0 Å². The lowest BCUT2D eigenvalue weighted by Crippen LogP contribution is -1.46. The van der Waals surface area contributed by atoms with Gasteiger partial charge in [-0.25, -0.2) is 5.22 Å². The van der Waals surface area contributed by atoms with Gasteiger partial charge in [0.15, 0.2) is 0 Å². The first-order valence-electron chi connectivity index (χ1n) is 1.67. The molecule has 1 unspecified atom stereocenters. The van der Waals surface area contributed by atoms with Gasteiger partial charge in [0.1, 0.15) is 0 Å². The molecule has 8 nitrogen and oxygen atoms in total. The number of nitrogens with one attached hydrogen (secondary N) is 3. The Morgan fingerprint density at radius 1 is 1.22 bits per heavy atom. The molecule has 0 saturated carbocycles. The lowest BCUT2D eigenvalue weighted by Gasteiger charge is -1.79. The number of hydrogen-bond acceptors (Lipinski definition) is 4. The van der Waals surface area contributed by atoms with Crippen LogP contribution in [0.4, 0.5) is 0 Å². The van der Waals surface area contributed by atoms with Crippen LogP contribution in [0.5, 0.6) is 0 Å². The SMILES string of the molecule is N=N/N=[P+](\N=N)[N-]N=N. The number of hydrogen-bond donors (Lipinski definition) is 3. The zero-order valence-electron chi connectivity index (χ0n) is 4.18. The molecule has 0 aromatic rings. The molecule has 0 spiro atoms. The summed E-state index contributed by atoms with van der Waals surface area (Å²) in [5.41, 5.74) is 18.7. The maximum absolute atomic E-state index is 6.35. The number of rotatable bonds is 4. The highest BCUT2D eigenvalue weighted by Gasteiger charge is 2.02. The third-order valence-corrected chi connectivity index (χ3v) is 1.02. The topological polar surface area (TPSA) is 135 Å². The minimum absolute atomic E-state index is 1.73. The molecule has 0 saturated heterocycles. The van der Waals surface area contributed by atoms with Crippen molar-refractivity contribution in [2.24, 2.45) is 20.2 Å². The Kier molecular flexibility index (Phi) is 4.15. The van der Waals surface area contributed by atoms with Gasteiger partial charge >= 0.3 is 8.01 Å². The molecule has 0 aliphatic heterocycles. The average Bonchev–Trinajstić information content (AvgIpc) is 1.88. The molecule has 0 aromatic carbocycles. The number of nitrogens with zero attached hydrogens (tertiary/aromatic N) is 5. The van der Waals surface area contributed by atoms with Gasteiger partial charge in [0.2, 0.25) is 0 Å². The molecule has 0 fully saturated rings. The average molecular weight is 146 g/mol. The van der Waals surface area contributed by atoms with Crippen LogP contribution in [0, 0.1) is 16.6 Å². The molecular weight excluding hydrogens is 143 g/mol. The van der Waals surface area contributed by atoms with E-state index in [0.29, 0.717) is 0 Å². The molecule has 0 heterocycles. The van der Waals surface area contributed by atoms with Gasteiger partial charge in [0.25, 0.3) is 0 Å². The zero-order valence-corrected chi connectivity index (χ0v) is 5.08. The summed E-state index contributed by atoms with van der Waals surface area (Å²) in [5.74, 6) is 0. The molecule has 9 heteroatoms. The van der Waals surface area contributed by atoms with Crippen LogP contribution in [0.3, 0.4) is 0 Å². The maximum Gasteiger partial charge on any atom is 0.466 e. The van der Waals surface area contributed by atoms with E-state index in [4.69, 9.17) is 16.6 Å². The minimum Gasteiger partial charge on any atom is -0.395 e. The first-order chi connectivity index (χ1) is 4.35. The summed E-state index contributed by atoms with van der Waals surface area (Å²) in [6.45, 7) is 0. The van der Waals surface area contributed by atoms with Gasteiger partial charge in [0, 0.05) is 0 Å². The molecule has 1 atom stereocenters. The minimum atomic E-state index is -1.73. The monoisotopic (exact) mass is 146 g/mol. The van der Waals surface area contributed by atoms with Crippen molar-refractivity contribution < 1.29 is 0 Å². The fraction of sp³-hybridized carbons (Fsp3) is 0. The van der Waals surface area contributed by atoms with Crippen LogP contribution >= 0.6 is 8.01 Å². The summed E-state index contributed by atoms with van der Waals surface area (Å²) in [6.07, 6.45) is 0. The summed E-state index contributed by atoms with van der Waals surface area (Å²) in [4.78, 5) is 5.88. The quantitative estimate of drug-likeness (QED) is 0.305. The molecule has 3 N–H and O–H groups in total. The highest BCUT2D eigenvalue weighted by molar-refractivity contribution is 7.48. The lowest BCUT2D eigenvalue weighted by atomic mass is 12.8. The second-order valence-electron chi connectivity index (χ2n) is 0.747. The maximum atomic E-state index is 6.35. The van der Waals surface area contributed by atoms with E-state index in [-0.39, 0.29) is 0 Å². The van der Waals surface area contributed by atoms with Crippen molar-refractivity contribution in [1.82, 2.24) is 0 Å². The Bertz CT molecular complexity index is 143. The standard InChI is InChI=1S/H3N8P/c1-4-7-9(6-3)8-5-2/h1-3H. The summed E-state index contributed by atoms with van der Waals surface area (Å²) >= 11 is 0. The largest absolute Gasteiger partial charge is 0.466 e. The van der Waals surface area contributed by atoms with E-state index >= 15 is 0 Å². The summed E-state index contributed by atoms with van der Waals surface area (Å²) in [5, 5.41) is 8.21. The van der Waals surface area contributed by atoms with Gasteiger partial charge in [-0.3, -0.25) is 0 Å². The third kappa shape index (κ3) is 3.30. The molecule has 0 aliphatic carbocycles. The Balaban J connectivity index is 3.95. The first kappa shape index (κ1) is 7.70. The van der Waals surface area contributed by atoms with Crippen LogP contribution in [0.15, 0.2) is 20.2 Å². The van der Waals surface area contributed by atoms with Crippen molar-refractivity contribution in [3.8, 4) is 0 Å². The normalized spacial score (nSPS) is 10.0. The van der Waals surface area contributed by atoms with Crippen molar-refractivity contribution in [1.29, 1.82) is 16.6 Å². The van der Waals surface area contributed by atoms with E-state index in [0.717, 1.165) is 0 Å². The summed E-state index contributed by atoms with van der Waals surface area (Å²) in [6, 6.07) is 0. The summed E-state index contributed by atoms with van der Waals surface area (Å²) < 4.78 is 0. The summed E-state index contributed by atoms with van der Waals surface area (Å²) in [7, 11) is -1.73. The van der Waals surface area contributed by atoms with E-state index < -0.39 is 8.01 Å². The van der Waals surface area contributed by atoms with E-state index in [2.05, 4.69) is 25.4 Å². The predicted octanol–water partition coefficient (Wildman–Crippen LogP) is 2.78. The van der Waals surface area contributed by atoms with Crippen LogP contribution in [0.2, 0.25) is 0 Å². The van der Waals surface area contributed by atoms with Gasteiger partial charge < -0.3 is 5.53 Å². The third-order valence-electron chi connectivity index (χ3n) is 0.339. The molecule has 0 aromatic heterocycles. The second kappa shape index (κ2) is 4.85. The second-order valence-corrected chi connectivity index (χ2v) is 1.84. The van der Waals surface area contributed by atoms with Crippen LogP contribution in [0.25, 0.3) is 5.20 Å². The molecule has 48 valence electrons. The zero-order chi connectivity index (χ0) is 7.11. The van der Waals surface area contributed by atoms with Crippen LogP contribution < -0.4 is 0 Å². The van der Waals surface area contributed by atoms with Gasteiger partial charge in [-0.1, -0.05) is 0 Å². The fourth-order valence-corrected chi connectivity index (χ4v) is 0.414. The Morgan fingerprint density at radius 2 is 1.89 bits per heavy atom. The highest BCUT2D eigenvalue weighted by atomic mass is 31.1. The fourth-order valence-electron chi connectivity index (χ4n) is 0.138. The first-order valence-corrected chi connectivity index (χ1v) is 2.87. The molecule has 0 bridgehead atoms.